The SMILES string of the molecule is CCN(c1[c]cccc1)S(=O)(=O)CC. The van der Waals surface area contributed by atoms with E-state index in [1.54, 1.807) is 25.1 Å². The highest BCUT2D eigenvalue weighted by molar-refractivity contribution is 7.92. The Balaban J connectivity index is 3.06. The zero-order chi connectivity index (χ0) is 10.6. The zero-order valence-electron chi connectivity index (χ0n) is 8.40. The average Bonchev–Trinajstić information content (AvgIpc) is 2.20. The summed E-state index contributed by atoms with van der Waals surface area (Å²) >= 11 is 0. The van der Waals surface area contributed by atoms with Crippen molar-refractivity contribution in [3.8, 4) is 0 Å². The summed E-state index contributed by atoms with van der Waals surface area (Å²) in [5.41, 5.74) is 0.608. The Morgan fingerprint density at radius 1 is 1.36 bits per heavy atom. The first-order valence-electron chi connectivity index (χ1n) is 4.59. The van der Waals surface area contributed by atoms with Crippen LogP contribution in [0.3, 0.4) is 0 Å². The minimum Gasteiger partial charge on any atom is -0.270 e. The van der Waals surface area contributed by atoms with Gasteiger partial charge in [-0.1, -0.05) is 18.2 Å². The molecule has 0 spiro atoms. The Kier molecular flexibility index (Phi) is 3.52. The molecule has 1 aromatic carbocycles. The maximum atomic E-state index is 11.6. The van der Waals surface area contributed by atoms with Crippen LogP contribution in [-0.4, -0.2) is 20.7 Å². The van der Waals surface area contributed by atoms with Gasteiger partial charge in [0.1, 0.15) is 0 Å². The molecule has 0 fully saturated rings. The van der Waals surface area contributed by atoms with Gasteiger partial charge in [-0.05, 0) is 19.9 Å². The molecule has 0 atom stereocenters. The van der Waals surface area contributed by atoms with Crippen molar-refractivity contribution in [1.29, 1.82) is 0 Å². The molecule has 14 heavy (non-hydrogen) atoms. The Labute approximate surface area is 85.4 Å². The third kappa shape index (κ3) is 2.26. The fourth-order valence-electron chi connectivity index (χ4n) is 1.21. The van der Waals surface area contributed by atoms with Gasteiger partial charge in [0.05, 0.1) is 11.4 Å². The Hall–Kier alpha value is -1.03. The van der Waals surface area contributed by atoms with Crippen LogP contribution in [0, 0.1) is 6.07 Å². The van der Waals surface area contributed by atoms with E-state index in [0.29, 0.717) is 12.2 Å². The number of hydrogen-bond acceptors (Lipinski definition) is 2. The molecule has 0 amide bonds. The van der Waals surface area contributed by atoms with Gasteiger partial charge in [0.25, 0.3) is 0 Å². The lowest BCUT2D eigenvalue weighted by atomic mass is 10.3. The van der Waals surface area contributed by atoms with Gasteiger partial charge in [0, 0.05) is 12.6 Å². The van der Waals surface area contributed by atoms with Crippen LogP contribution in [0.2, 0.25) is 0 Å². The van der Waals surface area contributed by atoms with Crippen LogP contribution < -0.4 is 4.31 Å². The fraction of sp³-hybridized carbons (Fsp3) is 0.400. The average molecular weight is 212 g/mol. The van der Waals surface area contributed by atoms with E-state index in [2.05, 4.69) is 6.07 Å². The van der Waals surface area contributed by atoms with Crippen molar-refractivity contribution < 1.29 is 8.42 Å². The van der Waals surface area contributed by atoms with Crippen molar-refractivity contribution in [3.05, 3.63) is 30.3 Å². The molecule has 4 heteroatoms. The molecule has 0 N–H and O–H groups in total. The van der Waals surface area contributed by atoms with E-state index >= 15 is 0 Å². The third-order valence-corrected chi connectivity index (χ3v) is 3.81. The summed E-state index contributed by atoms with van der Waals surface area (Å²) < 4.78 is 24.6. The number of anilines is 1. The Morgan fingerprint density at radius 3 is 2.50 bits per heavy atom. The predicted octanol–water partition coefficient (Wildman–Crippen LogP) is 1.66. The van der Waals surface area contributed by atoms with Crippen LogP contribution >= 0.6 is 0 Å². The third-order valence-electron chi connectivity index (χ3n) is 1.95. The van der Waals surface area contributed by atoms with Crippen molar-refractivity contribution in [3.63, 3.8) is 0 Å². The van der Waals surface area contributed by atoms with Crippen molar-refractivity contribution >= 4 is 15.7 Å². The first-order valence-corrected chi connectivity index (χ1v) is 6.20. The molecule has 0 unspecified atom stereocenters. The molecule has 77 valence electrons. The van der Waals surface area contributed by atoms with Crippen molar-refractivity contribution in [2.75, 3.05) is 16.6 Å². The van der Waals surface area contributed by atoms with Gasteiger partial charge in [-0.2, -0.15) is 0 Å². The maximum Gasteiger partial charge on any atom is 0.234 e. The first-order chi connectivity index (χ1) is 6.61. The van der Waals surface area contributed by atoms with Crippen LogP contribution in [0.5, 0.6) is 0 Å². The van der Waals surface area contributed by atoms with Crippen molar-refractivity contribution in [1.82, 2.24) is 0 Å². The zero-order valence-corrected chi connectivity index (χ0v) is 9.21. The quantitative estimate of drug-likeness (QED) is 0.761. The van der Waals surface area contributed by atoms with Crippen LogP contribution in [0.25, 0.3) is 0 Å². The Bertz CT molecular complexity index is 372. The number of rotatable bonds is 4. The molecule has 0 bridgehead atoms. The molecule has 0 aliphatic carbocycles. The molecular weight excluding hydrogens is 198 g/mol. The molecule has 0 aliphatic rings. The smallest absolute Gasteiger partial charge is 0.234 e. The molecule has 0 aromatic heterocycles. The van der Waals surface area contributed by atoms with E-state index in [9.17, 15) is 8.42 Å². The van der Waals surface area contributed by atoms with Gasteiger partial charge in [-0.3, -0.25) is 4.31 Å². The largest absolute Gasteiger partial charge is 0.270 e. The number of hydrogen-bond donors (Lipinski definition) is 0. The minimum absolute atomic E-state index is 0.115. The van der Waals surface area contributed by atoms with Crippen molar-refractivity contribution in [2.24, 2.45) is 0 Å². The van der Waals surface area contributed by atoms with Gasteiger partial charge >= 0.3 is 0 Å². The van der Waals surface area contributed by atoms with Gasteiger partial charge in [-0.25, -0.2) is 8.42 Å². The summed E-state index contributed by atoms with van der Waals surface area (Å²) in [6.07, 6.45) is 0. The Morgan fingerprint density at radius 2 is 2.07 bits per heavy atom. The lowest BCUT2D eigenvalue weighted by Gasteiger charge is -2.21. The van der Waals surface area contributed by atoms with E-state index in [4.69, 9.17) is 0 Å². The molecule has 3 nitrogen and oxygen atoms in total. The lowest BCUT2D eigenvalue weighted by molar-refractivity contribution is 0.593. The molecule has 1 radical (unpaired) electrons. The van der Waals surface area contributed by atoms with E-state index in [-0.39, 0.29) is 5.75 Å². The van der Waals surface area contributed by atoms with Crippen LogP contribution in [0.15, 0.2) is 24.3 Å². The highest BCUT2D eigenvalue weighted by atomic mass is 32.2. The molecule has 0 saturated heterocycles. The second-order valence-corrected chi connectivity index (χ2v) is 5.00. The molecule has 0 saturated carbocycles. The summed E-state index contributed by atoms with van der Waals surface area (Å²) in [5.74, 6) is 0.115. The maximum absolute atomic E-state index is 11.6. The monoisotopic (exact) mass is 212 g/mol. The highest BCUT2D eigenvalue weighted by Gasteiger charge is 2.17. The predicted molar refractivity (Wildman–Crippen MR) is 57.8 cm³/mol. The van der Waals surface area contributed by atoms with E-state index in [0.717, 1.165) is 0 Å². The summed E-state index contributed by atoms with van der Waals surface area (Å²) in [6, 6.07) is 9.99. The number of para-hydroxylation sites is 1. The summed E-state index contributed by atoms with van der Waals surface area (Å²) in [7, 11) is -3.16. The summed E-state index contributed by atoms with van der Waals surface area (Å²) in [5, 5.41) is 0. The van der Waals surface area contributed by atoms with E-state index in [1.165, 1.54) is 4.31 Å². The highest BCUT2D eigenvalue weighted by Crippen LogP contribution is 2.16. The standard InChI is InChI=1S/C10H14NO2S/c1-3-11(14(12,13)4-2)10-8-6-5-7-9-10/h5-8H,3-4H2,1-2H3. The number of benzene rings is 1. The van der Waals surface area contributed by atoms with Gasteiger partial charge < -0.3 is 0 Å². The second-order valence-electron chi connectivity index (χ2n) is 2.81. The molecule has 1 rings (SSSR count). The van der Waals surface area contributed by atoms with Gasteiger partial charge in [0.15, 0.2) is 0 Å². The lowest BCUT2D eigenvalue weighted by Crippen LogP contribution is -2.31. The molecular formula is C10H14NO2S. The minimum atomic E-state index is -3.16. The topological polar surface area (TPSA) is 37.4 Å². The van der Waals surface area contributed by atoms with Gasteiger partial charge in [-0.15, -0.1) is 0 Å². The molecule has 0 aliphatic heterocycles. The van der Waals surface area contributed by atoms with Crippen molar-refractivity contribution in [2.45, 2.75) is 13.8 Å². The fourth-order valence-corrected chi connectivity index (χ4v) is 2.33. The van der Waals surface area contributed by atoms with Crippen LogP contribution in [0.1, 0.15) is 13.8 Å². The molecule has 0 heterocycles. The first kappa shape index (κ1) is 11.0. The number of nitrogens with zero attached hydrogens (tertiary/aromatic N) is 1. The number of sulfonamides is 1. The van der Waals surface area contributed by atoms with E-state index < -0.39 is 10.0 Å². The van der Waals surface area contributed by atoms with E-state index in [1.807, 2.05) is 13.0 Å². The van der Waals surface area contributed by atoms with Crippen LogP contribution in [0.4, 0.5) is 5.69 Å². The summed E-state index contributed by atoms with van der Waals surface area (Å²) in [4.78, 5) is 0. The van der Waals surface area contributed by atoms with Gasteiger partial charge in [0.2, 0.25) is 10.0 Å². The van der Waals surface area contributed by atoms with Crippen LogP contribution in [-0.2, 0) is 10.0 Å². The molecule has 1 aromatic rings. The second kappa shape index (κ2) is 4.46. The summed E-state index contributed by atoms with van der Waals surface area (Å²) in [6.45, 7) is 3.89. The normalized spacial score (nSPS) is 11.3.